The number of phenols is 1. The van der Waals surface area contributed by atoms with Crippen molar-refractivity contribution in [1.82, 2.24) is 14.9 Å². The first-order chi connectivity index (χ1) is 12.1. The minimum absolute atomic E-state index is 0.100. The first kappa shape index (κ1) is 15.7. The number of phenolic OH excluding ortho intramolecular Hbond substituents is 1. The fraction of sp³-hybridized carbons (Fsp3) is 0.158. The molecule has 1 fully saturated rings. The predicted molar refractivity (Wildman–Crippen MR) is 101 cm³/mol. The molecule has 5 nitrogen and oxygen atoms in total. The molecule has 4 rings (SSSR count). The molecular weight excluding hydrogens is 332 g/mol. The molecule has 3 aromatic rings. The highest BCUT2D eigenvalue weighted by Gasteiger charge is 2.41. The SMILES string of the molecule is Cn1ccc([C@@H]2[C@@H](c3ccccn3)NC(=S)N2c2ccccc2O)c1. The number of hydrogen-bond donors (Lipinski definition) is 2. The lowest BCUT2D eigenvalue weighted by atomic mass is 9.98. The van der Waals surface area contributed by atoms with Crippen molar-refractivity contribution in [3.05, 3.63) is 78.4 Å². The third-order valence-corrected chi connectivity index (χ3v) is 4.75. The lowest BCUT2D eigenvalue weighted by molar-refractivity contribution is 0.473. The van der Waals surface area contributed by atoms with Gasteiger partial charge in [-0.15, -0.1) is 0 Å². The molecule has 0 radical (unpaired) electrons. The Bertz CT molecular complexity index is 909. The van der Waals surface area contributed by atoms with E-state index in [0.29, 0.717) is 10.8 Å². The van der Waals surface area contributed by atoms with E-state index in [9.17, 15) is 5.11 Å². The largest absolute Gasteiger partial charge is 0.506 e. The summed E-state index contributed by atoms with van der Waals surface area (Å²) >= 11 is 5.61. The summed E-state index contributed by atoms with van der Waals surface area (Å²) in [4.78, 5) is 6.48. The molecular formula is C19H18N4OS. The highest BCUT2D eigenvalue weighted by Crippen LogP contribution is 2.43. The third-order valence-electron chi connectivity index (χ3n) is 4.44. The molecule has 6 heteroatoms. The topological polar surface area (TPSA) is 53.3 Å². The molecule has 25 heavy (non-hydrogen) atoms. The van der Waals surface area contributed by atoms with Gasteiger partial charge in [0.15, 0.2) is 5.11 Å². The highest BCUT2D eigenvalue weighted by molar-refractivity contribution is 7.80. The van der Waals surface area contributed by atoms with Gasteiger partial charge < -0.3 is 19.9 Å². The number of aromatic hydroxyl groups is 1. The number of thiocarbonyl (C=S) groups is 1. The van der Waals surface area contributed by atoms with E-state index >= 15 is 0 Å². The standard InChI is InChI=1S/C19H18N4OS/c1-22-11-9-13(12-22)18-17(14-6-4-5-10-20-14)21-19(25)23(18)15-7-2-3-8-16(15)24/h2-12,17-18,24H,1H3,(H,21,25)/t17-,18-/m1/s1. The van der Waals surface area contributed by atoms with Crippen molar-refractivity contribution in [2.75, 3.05) is 4.90 Å². The lowest BCUT2D eigenvalue weighted by Crippen LogP contribution is -2.29. The second kappa shape index (κ2) is 6.22. The summed E-state index contributed by atoms with van der Waals surface area (Å²) < 4.78 is 2.01. The predicted octanol–water partition coefficient (Wildman–Crippen LogP) is 3.30. The van der Waals surface area contributed by atoms with Crippen LogP contribution in [0.5, 0.6) is 5.75 Å². The van der Waals surface area contributed by atoms with Crippen molar-refractivity contribution in [3.63, 3.8) is 0 Å². The van der Waals surface area contributed by atoms with Crippen LogP contribution < -0.4 is 10.2 Å². The quantitative estimate of drug-likeness (QED) is 0.710. The van der Waals surface area contributed by atoms with Crippen LogP contribution in [0.2, 0.25) is 0 Å². The number of nitrogens with zero attached hydrogens (tertiary/aromatic N) is 3. The van der Waals surface area contributed by atoms with E-state index in [1.807, 2.05) is 53.0 Å². The molecule has 0 amide bonds. The fourth-order valence-electron chi connectivity index (χ4n) is 3.32. The molecule has 1 aliphatic rings. The zero-order valence-electron chi connectivity index (χ0n) is 13.7. The molecule has 1 aromatic carbocycles. The van der Waals surface area contributed by atoms with Gasteiger partial charge in [0, 0.05) is 25.6 Å². The van der Waals surface area contributed by atoms with Gasteiger partial charge in [0.25, 0.3) is 0 Å². The van der Waals surface area contributed by atoms with Crippen molar-refractivity contribution < 1.29 is 5.11 Å². The van der Waals surface area contributed by atoms with Crippen molar-refractivity contribution in [1.29, 1.82) is 0 Å². The molecule has 1 aliphatic heterocycles. The Hall–Kier alpha value is -2.86. The van der Waals surface area contributed by atoms with Gasteiger partial charge in [-0.05, 0) is 48.1 Å². The molecule has 0 aliphatic carbocycles. The lowest BCUT2D eigenvalue weighted by Gasteiger charge is -2.27. The normalized spacial score (nSPS) is 19.9. The van der Waals surface area contributed by atoms with Gasteiger partial charge >= 0.3 is 0 Å². The van der Waals surface area contributed by atoms with E-state index in [0.717, 1.165) is 11.3 Å². The van der Waals surface area contributed by atoms with Crippen molar-refractivity contribution in [2.24, 2.45) is 7.05 Å². The maximum Gasteiger partial charge on any atom is 0.174 e. The van der Waals surface area contributed by atoms with E-state index < -0.39 is 0 Å². The van der Waals surface area contributed by atoms with Crippen molar-refractivity contribution in [2.45, 2.75) is 12.1 Å². The summed E-state index contributed by atoms with van der Waals surface area (Å²) in [5, 5.41) is 14.3. The summed E-state index contributed by atoms with van der Waals surface area (Å²) in [6.07, 6.45) is 5.86. The van der Waals surface area contributed by atoms with Crippen LogP contribution in [0.15, 0.2) is 67.1 Å². The van der Waals surface area contributed by atoms with E-state index in [-0.39, 0.29) is 17.8 Å². The van der Waals surface area contributed by atoms with Gasteiger partial charge in [-0.2, -0.15) is 0 Å². The van der Waals surface area contributed by atoms with Crippen LogP contribution in [0, 0.1) is 0 Å². The molecule has 3 heterocycles. The zero-order valence-corrected chi connectivity index (χ0v) is 14.5. The van der Waals surface area contributed by atoms with E-state index in [1.54, 1.807) is 18.3 Å². The number of anilines is 1. The van der Waals surface area contributed by atoms with Crippen LogP contribution >= 0.6 is 12.2 Å². The number of benzene rings is 1. The van der Waals surface area contributed by atoms with E-state index in [1.165, 1.54) is 0 Å². The third kappa shape index (κ3) is 2.74. The monoisotopic (exact) mass is 350 g/mol. The Morgan fingerprint density at radius 3 is 2.60 bits per heavy atom. The number of aryl methyl sites for hydroxylation is 1. The Kier molecular flexibility index (Phi) is 3.89. The van der Waals surface area contributed by atoms with Crippen LogP contribution in [0.4, 0.5) is 5.69 Å². The Morgan fingerprint density at radius 2 is 1.92 bits per heavy atom. The highest BCUT2D eigenvalue weighted by atomic mass is 32.1. The van der Waals surface area contributed by atoms with Gasteiger partial charge in [0.05, 0.1) is 23.5 Å². The molecule has 2 atom stereocenters. The summed E-state index contributed by atoms with van der Waals surface area (Å²) in [7, 11) is 1.99. The van der Waals surface area contributed by atoms with Gasteiger partial charge in [-0.1, -0.05) is 18.2 Å². The van der Waals surface area contributed by atoms with Crippen LogP contribution in [0.25, 0.3) is 0 Å². The molecule has 0 saturated carbocycles. The number of hydrogen-bond acceptors (Lipinski definition) is 3. The van der Waals surface area contributed by atoms with Gasteiger partial charge in [0.1, 0.15) is 5.75 Å². The van der Waals surface area contributed by atoms with Crippen LogP contribution in [0.3, 0.4) is 0 Å². The number of para-hydroxylation sites is 2. The smallest absolute Gasteiger partial charge is 0.174 e. The average molecular weight is 350 g/mol. The first-order valence-corrected chi connectivity index (χ1v) is 8.46. The Labute approximate surface area is 151 Å². The fourth-order valence-corrected chi connectivity index (χ4v) is 3.66. The summed E-state index contributed by atoms with van der Waals surface area (Å²) in [5.74, 6) is 0.203. The molecule has 0 bridgehead atoms. The van der Waals surface area contributed by atoms with Crippen molar-refractivity contribution >= 4 is 23.0 Å². The minimum atomic E-state index is -0.101. The molecule has 2 N–H and O–H groups in total. The summed E-state index contributed by atoms with van der Waals surface area (Å²) in [6.45, 7) is 0. The molecule has 2 aromatic heterocycles. The second-order valence-corrected chi connectivity index (χ2v) is 6.48. The zero-order chi connectivity index (χ0) is 17.4. The van der Waals surface area contributed by atoms with Crippen molar-refractivity contribution in [3.8, 4) is 5.75 Å². The van der Waals surface area contributed by atoms with E-state index in [2.05, 4.69) is 22.6 Å². The van der Waals surface area contributed by atoms with Crippen LogP contribution in [0.1, 0.15) is 23.3 Å². The Morgan fingerprint density at radius 1 is 1.12 bits per heavy atom. The Balaban J connectivity index is 1.85. The molecule has 126 valence electrons. The number of aromatic nitrogens is 2. The molecule has 0 spiro atoms. The number of pyridine rings is 1. The van der Waals surface area contributed by atoms with Crippen LogP contribution in [-0.2, 0) is 7.05 Å². The average Bonchev–Trinajstić information content (AvgIpc) is 3.19. The van der Waals surface area contributed by atoms with E-state index in [4.69, 9.17) is 12.2 Å². The molecule has 0 unspecified atom stereocenters. The number of nitrogens with one attached hydrogen (secondary N) is 1. The minimum Gasteiger partial charge on any atom is -0.506 e. The maximum absolute atomic E-state index is 10.4. The van der Waals surface area contributed by atoms with Crippen LogP contribution in [-0.4, -0.2) is 19.8 Å². The molecule has 1 saturated heterocycles. The second-order valence-electron chi connectivity index (χ2n) is 6.10. The summed E-state index contributed by atoms with van der Waals surface area (Å²) in [5.41, 5.74) is 2.71. The first-order valence-electron chi connectivity index (χ1n) is 8.05. The maximum atomic E-state index is 10.4. The van der Waals surface area contributed by atoms with Gasteiger partial charge in [-0.25, -0.2) is 0 Å². The summed E-state index contributed by atoms with van der Waals surface area (Å²) in [6, 6.07) is 15.0. The van der Waals surface area contributed by atoms with Gasteiger partial charge in [0.2, 0.25) is 0 Å². The number of rotatable bonds is 3. The van der Waals surface area contributed by atoms with Gasteiger partial charge in [-0.3, -0.25) is 4.98 Å².